The van der Waals surface area contributed by atoms with Crippen LogP contribution in [0.5, 0.6) is 0 Å². The van der Waals surface area contributed by atoms with E-state index in [0.29, 0.717) is 6.29 Å². The first kappa shape index (κ1) is 18.1. The molecule has 0 unspecified atom stereocenters. The maximum absolute atomic E-state index is 12.5. The molecule has 0 aromatic heterocycles. The predicted octanol–water partition coefficient (Wildman–Crippen LogP) is 1.30. The molecule has 1 rings (SSSR count). The van der Waals surface area contributed by atoms with Crippen LogP contribution in [0.2, 0.25) is 0 Å². The van der Waals surface area contributed by atoms with E-state index in [2.05, 4.69) is 0 Å². The first-order valence-electron chi connectivity index (χ1n) is 6.66. The lowest BCUT2D eigenvalue weighted by Gasteiger charge is -2.18. The van der Waals surface area contributed by atoms with Crippen molar-refractivity contribution in [1.82, 2.24) is 4.31 Å². The molecule has 120 valence electrons. The average Bonchev–Trinajstić information content (AvgIpc) is 2.46. The van der Waals surface area contributed by atoms with Gasteiger partial charge in [0.25, 0.3) is 0 Å². The number of carbonyl (C=O) groups excluding carboxylic acids is 2. The zero-order chi connectivity index (χ0) is 16.6. The van der Waals surface area contributed by atoms with Gasteiger partial charge in [-0.3, -0.25) is 4.79 Å². The Hall–Kier alpha value is -1.99. The fourth-order valence-corrected chi connectivity index (χ4v) is 2.96. The van der Waals surface area contributed by atoms with Gasteiger partial charge in [0.15, 0.2) is 0 Å². The van der Waals surface area contributed by atoms with Gasteiger partial charge < -0.3 is 9.53 Å². The molecule has 0 spiro atoms. The lowest BCUT2D eigenvalue weighted by Crippen LogP contribution is -2.33. The topological polar surface area (TPSA) is 80.8 Å². The van der Waals surface area contributed by atoms with E-state index in [1.807, 2.05) is 6.92 Å². The second kappa shape index (κ2) is 8.45. The van der Waals surface area contributed by atoms with Crippen molar-refractivity contribution in [2.24, 2.45) is 0 Å². The molecule has 0 fully saturated rings. The van der Waals surface area contributed by atoms with E-state index in [1.54, 1.807) is 12.1 Å². The van der Waals surface area contributed by atoms with Crippen molar-refractivity contribution < 1.29 is 22.7 Å². The van der Waals surface area contributed by atoms with Crippen LogP contribution in [0, 0.1) is 6.92 Å². The van der Waals surface area contributed by atoms with Crippen molar-refractivity contribution in [3.63, 3.8) is 0 Å². The maximum Gasteiger partial charge on any atom is 0.302 e. The van der Waals surface area contributed by atoms with Crippen LogP contribution in [0.4, 0.5) is 0 Å². The van der Waals surface area contributed by atoms with E-state index >= 15 is 0 Å². The Morgan fingerprint density at radius 1 is 1.18 bits per heavy atom. The number of rotatable bonds is 8. The zero-order valence-corrected chi connectivity index (χ0v) is 13.4. The molecular formula is C15H19NO5S. The van der Waals surface area contributed by atoms with Crippen LogP contribution in [0.15, 0.2) is 41.3 Å². The Bertz CT molecular complexity index is 634. The average molecular weight is 325 g/mol. The summed E-state index contributed by atoms with van der Waals surface area (Å²) in [6.07, 6.45) is 3.60. The molecule has 0 atom stereocenters. The van der Waals surface area contributed by atoms with Gasteiger partial charge in [-0.25, -0.2) is 8.42 Å². The number of hydrogen-bond donors (Lipinski definition) is 0. The van der Waals surface area contributed by atoms with Crippen LogP contribution in [0.3, 0.4) is 0 Å². The number of esters is 1. The lowest BCUT2D eigenvalue weighted by molar-refractivity contribution is -0.139. The molecule has 0 aliphatic rings. The van der Waals surface area contributed by atoms with Gasteiger partial charge in [0, 0.05) is 13.5 Å². The molecule has 0 aliphatic heterocycles. The second-order valence-electron chi connectivity index (χ2n) is 4.58. The molecule has 7 heteroatoms. The summed E-state index contributed by atoms with van der Waals surface area (Å²) in [5, 5.41) is 0. The summed E-state index contributed by atoms with van der Waals surface area (Å²) in [6, 6.07) is 6.40. The molecule has 0 heterocycles. The quantitative estimate of drug-likeness (QED) is 0.409. The molecule has 0 bridgehead atoms. The standard InChI is InChI=1S/C15H19NO5S/c1-13-5-7-15(8-6-13)22(19,20)16(10-11-17)9-3-4-12-21-14(2)18/h3-8,11H,9-10,12H2,1-2H3/b4-3+. The maximum atomic E-state index is 12.5. The predicted molar refractivity (Wildman–Crippen MR) is 81.8 cm³/mol. The monoisotopic (exact) mass is 325 g/mol. The van der Waals surface area contributed by atoms with E-state index in [1.165, 1.54) is 31.2 Å². The number of aryl methyl sites for hydroxylation is 1. The molecular weight excluding hydrogens is 306 g/mol. The number of nitrogens with zero attached hydrogens (tertiary/aromatic N) is 1. The molecule has 22 heavy (non-hydrogen) atoms. The molecule has 6 nitrogen and oxygen atoms in total. The molecule has 0 saturated heterocycles. The Kier molecular flexibility index (Phi) is 6.94. The van der Waals surface area contributed by atoms with Gasteiger partial charge in [-0.05, 0) is 25.1 Å². The summed E-state index contributed by atoms with van der Waals surface area (Å²) in [5.41, 5.74) is 0.946. The van der Waals surface area contributed by atoms with Crippen molar-refractivity contribution in [3.8, 4) is 0 Å². The van der Waals surface area contributed by atoms with Crippen LogP contribution in [0.25, 0.3) is 0 Å². The number of sulfonamides is 1. The largest absolute Gasteiger partial charge is 0.462 e. The van der Waals surface area contributed by atoms with Crippen molar-refractivity contribution >= 4 is 22.3 Å². The Labute approximate surface area is 130 Å². The molecule has 0 N–H and O–H groups in total. The van der Waals surface area contributed by atoms with Crippen LogP contribution < -0.4 is 0 Å². The van der Waals surface area contributed by atoms with Gasteiger partial charge in [0.2, 0.25) is 10.0 Å². The fraction of sp³-hybridized carbons (Fsp3) is 0.333. The van der Waals surface area contributed by atoms with Gasteiger partial charge in [-0.2, -0.15) is 4.31 Å². The summed E-state index contributed by atoms with van der Waals surface area (Å²) < 4.78 is 30.7. The van der Waals surface area contributed by atoms with Crippen molar-refractivity contribution in [2.45, 2.75) is 18.7 Å². The van der Waals surface area contributed by atoms with E-state index < -0.39 is 16.0 Å². The fourth-order valence-electron chi connectivity index (χ4n) is 1.64. The van der Waals surface area contributed by atoms with E-state index in [0.717, 1.165) is 9.87 Å². The molecule has 0 radical (unpaired) electrons. The number of benzene rings is 1. The highest BCUT2D eigenvalue weighted by molar-refractivity contribution is 7.89. The Morgan fingerprint density at radius 3 is 2.36 bits per heavy atom. The molecule has 1 aromatic carbocycles. The molecule has 0 saturated carbocycles. The summed E-state index contributed by atoms with van der Waals surface area (Å²) >= 11 is 0. The minimum Gasteiger partial charge on any atom is -0.462 e. The first-order valence-corrected chi connectivity index (χ1v) is 8.10. The highest BCUT2D eigenvalue weighted by Crippen LogP contribution is 2.15. The zero-order valence-electron chi connectivity index (χ0n) is 12.6. The summed E-state index contributed by atoms with van der Waals surface area (Å²) in [4.78, 5) is 21.5. The number of carbonyl (C=O) groups is 2. The van der Waals surface area contributed by atoms with Crippen molar-refractivity contribution in [2.75, 3.05) is 19.7 Å². The van der Waals surface area contributed by atoms with Crippen LogP contribution in [-0.4, -0.2) is 44.7 Å². The third-order valence-electron chi connectivity index (χ3n) is 2.80. The summed E-state index contributed by atoms with van der Waals surface area (Å²) in [7, 11) is -3.74. The molecule has 1 aromatic rings. The van der Waals surface area contributed by atoms with Gasteiger partial charge >= 0.3 is 5.97 Å². The highest BCUT2D eigenvalue weighted by Gasteiger charge is 2.22. The Balaban J connectivity index is 2.82. The van der Waals surface area contributed by atoms with Crippen LogP contribution in [0.1, 0.15) is 12.5 Å². The first-order chi connectivity index (χ1) is 10.4. The number of hydrogen-bond acceptors (Lipinski definition) is 5. The van der Waals surface area contributed by atoms with Crippen LogP contribution in [-0.2, 0) is 24.3 Å². The smallest absolute Gasteiger partial charge is 0.302 e. The Morgan fingerprint density at radius 2 is 1.82 bits per heavy atom. The van der Waals surface area contributed by atoms with Gasteiger partial charge in [-0.15, -0.1) is 0 Å². The minimum atomic E-state index is -3.74. The van der Waals surface area contributed by atoms with Gasteiger partial charge in [0.05, 0.1) is 11.4 Å². The SMILES string of the molecule is CC(=O)OC/C=C/CN(CC=O)S(=O)(=O)c1ccc(C)cc1. The van der Waals surface area contributed by atoms with E-state index in [4.69, 9.17) is 4.74 Å². The summed E-state index contributed by atoms with van der Waals surface area (Å²) in [6.45, 7) is 2.99. The summed E-state index contributed by atoms with van der Waals surface area (Å²) in [5.74, 6) is -0.415. The lowest BCUT2D eigenvalue weighted by atomic mass is 10.2. The molecule has 0 amide bonds. The van der Waals surface area contributed by atoms with Gasteiger partial charge in [0.1, 0.15) is 12.9 Å². The highest BCUT2D eigenvalue weighted by atomic mass is 32.2. The number of aldehydes is 1. The second-order valence-corrected chi connectivity index (χ2v) is 6.51. The van der Waals surface area contributed by atoms with Gasteiger partial charge in [-0.1, -0.05) is 23.8 Å². The third-order valence-corrected chi connectivity index (χ3v) is 4.64. The van der Waals surface area contributed by atoms with Crippen molar-refractivity contribution in [1.29, 1.82) is 0 Å². The van der Waals surface area contributed by atoms with E-state index in [9.17, 15) is 18.0 Å². The number of ether oxygens (including phenoxy) is 1. The van der Waals surface area contributed by atoms with Crippen molar-refractivity contribution in [3.05, 3.63) is 42.0 Å². The third kappa shape index (κ3) is 5.42. The normalized spacial score (nSPS) is 11.8. The minimum absolute atomic E-state index is 0.0240. The van der Waals surface area contributed by atoms with Crippen LogP contribution >= 0.6 is 0 Å². The van der Waals surface area contributed by atoms with E-state index in [-0.39, 0.29) is 24.6 Å². The molecule has 0 aliphatic carbocycles.